The van der Waals surface area contributed by atoms with Gasteiger partial charge in [-0.1, -0.05) is 13.3 Å². The first kappa shape index (κ1) is 21.8. The third-order valence-electron chi connectivity index (χ3n) is 5.64. The quantitative estimate of drug-likeness (QED) is 0.233. The van der Waals surface area contributed by atoms with Crippen LogP contribution in [0.2, 0.25) is 0 Å². The zero-order valence-electron chi connectivity index (χ0n) is 15.6. The average Bonchev–Trinajstić information content (AvgIpc) is 2.69. The molecule has 0 spiro atoms. The first-order chi connectivity index (χ1) is 13.3. The van der Waals surface area contributed by atoms with Gasteiger partial charge in [0.1, 0.15) is 48.8 Å². The van der Waals surface area contributed by atoms with E-state index in [0.717, 1.165) is 12.8 Å². The number of β-lactam (4-membered cyclic amide) rings is 1. The second-order valence-electron chi connectivity index (χ2n) is 7.45. The molecule has 0 bridgehead atoms. The van der Waals surface area contributed by atoms with E-state index >= 15 is 0 Å². The van der Waals surface area contributed by atoms with E-state index in [4.69, 9.17) is 14.2 Å². The van der Waals surface area contributed by atoms with Crippen LogP contribution in [0.5, 0.6) is 0 Å². The van der Waals surface area contributed by atoms with E-state index in [1.165, 1.54) is 4.90 Å². The summed E-state index contributed by atoms with van der Waals surface area (Å²) < 4.78 is 16.6. The molecule has 11 nitrogen and oxygen atoms in total. The molecule has 0 saturated carbocycles. The zero-order valence-corrected chi connectivity index (χ0v) is 15.6. The van der Waals surface area contributed by atoms with Gasteiger partial charge in [0.15, 0.2) is 6.29 Å². The predicted octanol–water partition coefficient (Wildman–Crippen LogP) is -3.49. The van der Waals surface area contributed by atoms with E-state index in [2.05, 4.69) is 0 Å². The maximum absolute atomic E-state index is 12.4. The number of amides is 1. The zero-order chi connectivity index (χ0) is 20.6. The minimum atomic E-state index is -1.67. The molecular formula is C17H29NO10. The number of aliphatic hydroxyl groups excluding tert-OH is 6. The number of aliphatic hydroxyl groups is 6. The number of nitrogens with zero attached hydrogens (tertiary/aromatic N) is 1. The van der Waals surface area contributed by atoms with E-state index < -0.39 is 74.4 Å². The molecule has 11 heteroatoms. The summed E-state index contributed by atoms with van der Waals surface area (Å²) in [4.78, 5) is 13.9. The maximum Gasteiger partial charge on any atom is 0.235 e. The number of hydrogen-bond acceptors (Lipinski definition) is 10. The third kappa shape index (κ3) is 3.66. The lowest BCUT2D eigenvalue weighted by Gasteiger charge is -2.55. The third-order valence-corrected chi connectivity index (χ3v) is 5.64. The van der Waals surface area contributed by atoms with Crippen LogP contribution in [0, 0.1) is 5.92 Å². The van der Waals surface area contributed by atoms with Crippen LogP contribution < -0.4 is 0 Å². The normalized spacial score (nSPS) is 46.2. The van der Waals surface area contributed by atoms with Crippen LogP contribution in [0.1, 0.15) is 19.8 Å². The maximum atomic E-state index is 12.4. The Balaban J connectivity index is 1.71. The van der Waals surface area contributed by atoms with Gasteiger partial charge in [-0.05, 0) is 6.42 Å². The van der Waals surface area contributed by atoms with Gasteiger partial charge in [0.05, 0.1) is 19.3 Å². The van der Waals surface area contributed by atoms with Crippen LogP contribution in [0.25, 0.3) is 0 Å². The Morgan fingerprint density at radius 2 is 1.64 bits per heavy atom. The van der Waals surface area contributed by atoms with Crippen molar-refractivity contribution < 1.29 is 49.6 Å². The molecule has 3 fully saturated rings. The summed E-state index contributed by atoms with van der Waals surface area (Å²) in [6, 6.07) is 0. The summed E-state index contributed by atoms with van der Waals surface area (Å²) in [6.45, 7) is 1.32. The molecule has 0 aliphatic carbocycles. The Morgan fingerprint density at radius 1 is 0.964 bits per heavy atom. The van der Waals surface area contributed by atoms with Crippen LogP contribution in [0.15, 0.2) is 0 Å². The number of ether oxygens (including phenoxy) is 3. The van der Waals surface area contributed by atoms with Crippen molar-refractivity contribution >= 4 is 5.91 Å². The number of likely N-dealkylation sites (tertiary alicyclic amines) is 1. The highest BCUT2D eigenvalue weighted by molar-refractivity contribution is 5.86. The molecule has 10 atom stereocenters. The summed E-state index contributed by atoms with van der Waals surface area (Å²) in [5.74, 6) is -1.15. The minimum Gasteiger partial charge on any atom is -0.394 e. The van der Waals surface area contributed by atoms with Gasteiger partial charge in [-0.25, -0.2) is 0 Å². The van der Waals surface area contributed by atoms with Gasteiger partial charge in [0.25, 0.3) is 0 Å². The number of carbonyl (C=O) groups excluding carboxylic acids is 1. The Labute approximate surface area is 162 Å². The molecule has 3 heterocycles. The fourth-order valence-electron chi connectivity index (χ4n) is 3.92. The lowest BCUT2D eigenvalue weighted by Crippen LogP contribution is -2.74. The fraction of sp³-hybridized carbons (Fsp3) is 0.941. The van der Waals surface area contributed by atoms with E-state index in [1.807, 2.05) is 6.92 Å². The smallest absolute Gasteiger partial charge is 0.235 e. The molecule has 162 valence electrons. The molecule has 3 rings (SSSR count). The van der Waals surface area contributed by atoms with Crippen molar-refractivity contribution in [1.29, 1.82) is 0 Å². The van der Waals surface area contributed by atoms with Gasteiger partial charge in [0.2, 0.25) is 5.91 Å². The molecule has 0 aromatic heterocycles. The lowest BCUT2D eigenvalue weighted by atomic mass is 9.82. The first-order valence-corrected chi connectivity index (χ1v) is 9.56. The van der Waals surface area contributed by atoms with Crippen molar-refractivity contribution in [2.24, 2.45) is 5.92 Å². The Kier molecular flexibility index (Phi) is 6.90. The monoisotopic (exact) mass is 407 g/mol. The molecule has 0 aromatic rings. The van der Waals surface area contributed by atoms with Crippen LogP contribution in [-0.4, -0.2) is 116 Å². The molecule has 3 saturated heterocycles. The minimum absolute atomic E-state index is 0.287. The number of rotatable bonds is 7. The summed E-state index contributed by atoms with van der Waals surface area (Å²) in [6.07, 6.45) is -10.1. The number of hydrogen-bond donors (Lipinski definition) is 6. The second-order valence-corrected chi connectivity index (χ2v) is 7.45. The highest BCUT2D eigenvalue weighted by Crippen LogP contribution is 2.40. The van der Waals surface area contributed by atoms with Crippen molar-refractivity contribution in [3.63, 3.8) is 0 Å². The van der Waals surface area contributed by atoms with E-state index in [0.29, 0.717) is 6.54 Å². The molecule has 3 aliphatic rings. The molecule has 0 radical (unpaired) electrons. The van der Waals surface area contributed by atoms with E-state index in [-0.39, 0.29) is 5.91 Å². The molecule has 1 amide bonds. The second kappa shape index (κ2) is 8.86. The van der Waals surface area contributed by atoms with Crippen LogP contribution >= 0.6 is 0 Å². The SMILES string of the molecule is CCCCN1C(=O)[C@@H]2[C@@H](O)[C@H](O[C@@H]3O[C@H](CO)[C@H](O)[C@H](O)[C@H]3O)[C@@H](CO)O[C@@H]21. The number of carbonyl (C=O) groups is 1. The van der Waals surface area contributed by atoms with Crippen molar-refractivity contribution in [3.8, 4) is 0 Å². The molecule has 28 heavy (non-hydrogen) atoms. The average molecular weight is 407 g/mol. The lowest BCUT2D eigenvalue weighted by molar-refractivity contribution is -0.350. The highest BCUT2D eigenvalue weighted by atomic mass is 16.7. The largest absolute Gasteiger partial charge is 0.394 e. The van der Waals surface area contributed by atoms with Crippen LogP contribution in [0.3, 0.4) is 0 Å². The molecule has 3 aliphatic heterocycles. The van der Waals surface area contributed by atoms with Gasteiger partial charge in [0, 0.05) is 6.54 Å². The van der Waals surface area contributed by atoms with Crippen molar-refractivity contribution in [2.45, 2.75) is 75.0 Å². The van der Waals surface area contributed by atoms with Gasteiger partial charge in [-0.3, -0.25) is 4.79 Å². The Hall–Kier alpha value is -0.890. The fourth-order valence-corrected chi connectivity index (χ4v) is 3.92. The predicted molar refractivity (Wildman–Crippen MR) is 90.5 cm³/mol. The summed E-state index contributed by atoms with van der Waals surface area (Å²) >= 11 is 0. The van der Waals surface area contributed by atoms with Gasteiger partial charge < -0.3 is 49.7 Å². The summed E-state index contributed by atoms with van der Waals surface area (Å²) in [5, 5.41) is 59.4. The standard InChI is InChI=1S/C17H29NO10/c1-2-3-4-18-15(25)9-11(22)14(8(6-20)26-16(9)18)28-17-13(24)12(23)10(21)7(5-19)27-17/h7-14,16-17,19-24H,2-6H2,1H3/t7-,8-,9+,10+,11-,12+,13-,14-,16+,17+/m1/s1. The molecular weight excluding hydrogens is 378 g/mol. The van der Waals surface area contributed by atoms with Crippen molar-refractivity contribution in [3.05, 3.63) is 0 Å². The van der Waals surface area contributed by atoms with Crippen molar-refractivity contribution in [2.75, 3.05) is 19.8 Å². The van der Waals surface area contributed by atoms with Crippen LogP contribution in [-0.2, 0) is 19.0 Å². The van der Waals surface area contributed by atoms with Gasteiger partial charge >= 0.3 is 0 Å². The molecule has 6 N–H and O–H groups in total. The van der Waals surface area contributed by atoms with Gasteiger partial charge in [-0.15, -0.1) is 0 Å². The van der Waals surface area contributed by atoms with E-state index in [1.54, 1.807) is 0 Å². The molecule has 0 unspecified atom stereocenters. The Bertz CT molecular complexity index is 548. The number of fused-ring (bicyclic) bond motifs is 1. The highest BCUT2D eigenvalue weighted by Gasteiger charge is 2.60. The summed E-state index contributed by atoms with van der Waals surface area (Å²) in [7, 11) is 0. The van der Waals surface area contributed by atoms with E-state index in [9.17, 15) is 35.4 Å². The molecule has 0 aromatic carbocycles. The Morgan fingerprint density at radius 3 is 2.25 bits per heavy atom. The first-order valence-electron chi connectivity index (χ1n) is 9.56. The van der Waals surface area contributed by atoms with Crippen LogP contribution in [0.4, 0.5) is 0 Å². The summed E-state index contributed by atoms with van der Waals surface area (Å²) in [5.41, 5.74) is 0. The van der Waals surface area contributed by atoms with Crippen molar-refractivity contribution in [1.82, 2.24) is 4.90 Å². The van der Waals surface area contributed by atoms with Gasteiger partial charge in [-0.2, -0.15) is 0 Å². The topological polar surface area (TPSA) is 169 Å². The number of unbranched alkanes of at least 4 members (excludes halogenated alkanes) is 1.